The van der Waals surface area contributed by atoms with Crippen molar-refractivity contribution in [1.29, 1.82) is 0 Å². The van der Waals surface area contributed by atoms with E-state index in [1.165, 1.54) is 0 Å². The highest BCUT2D eigenvalue weighted by Gasteiger charge is 2.25. The molecule has 1 aromatic rings. The van der Waals surface area contributed by atoms with Gasteiger partial charge in [-0.1, -0.05) is 0 Å². The smallest absolute Gasteiger partial charge is 0.358 e. The molecule has 0 bridgehead atoms. The topological polar surface area (TPSA) is 28.2 Å². The number of pyridine rings is 1. The van der Waals surface area contributed by atoms with Crippen LogP contribution in [0.5, 0.6) is 0 Å². The Bertz CT molecular complexity index is 352. The van der Waals surface area contributed by atoms with Crippen molar-refractivity contribution in [3.8, 4) is 0 Å². The average Bonchev–Trinajstić information content (AvgIpc) is 2.23. The molecule has 3 nitrogen and oxygen atoms in total. The number of hydrogen-bond donors (Lipinski definition) is 1. The summed E-state index contributed by atoms with van der Waals surface area (Å²) in [5, 5.41) is 2.35. The molecule has 96 valence electrons. The van der Waals surface area contributed by atoms with Crippen LogP contribution in [0.2, 0.25) is 0 Å². The van der Waals surface area contributed by atoms with E-state index in [0.717, 1.165) is 11.4 Å². The lowest BCUT2D eigenvalue weighted by molar-refractivity contribution is -0.124. The summed E-state index contributed by atoms with van der Waals surface area (Å²) in [6.45, 7) is 1.74. The molecule has 0 amide bonds. The Kier molecular flexibility index (Phi) is 4.74. The summed E-state index contributed by atoms with van der Waals surface area (Å²) >= 11 is 0. The molecule has 1 aromatic heterocycles. The number of nitrogens with one attached hydrogen (secondary N) is 1. The number of aryl methyl sites for hydroxylation is 1. The molecule has 1 heterocycles. The molecule has 0 radical (unpaired) electrons. The van der Waals surface area contributed by atoms with Crippen LogP contribution in [0.1, 0.15) is 5.56 Å². The number of rotatable bonds is 5. The van der Waals surface area contributed by atoms with Crippen LogP contribution in [-0.2, 0) is 0 Å². The van der Waals surface area contributed by atoms with E-state index < -0.39 is 12.7 Å². The molecule has 1 N–H and O–H groups in total. The summed E-state index contributed by atoms with van der Waals surface area (Å²) in [4.78, 5) is 5.96. The van der Waals surface area contributed by atoms with Crippen molar-refractivity contribution in [3.63, 3.8) is 0 Å². The Balaban J connectivity index is 2.33. The number of likely N-dealkylation sites (N-methyl/N-ethyl adjacent to an activating group) is 1. The summed E-state index contributed by atoms with van der Waals surface area (Å²) in [7, 11) is 1.80. The molecule has 0 spiro atoms. The zero-order valence-corrected chi connectivity index (χ0v) is 9.88. The van der Waals surface area contributed by atoms with Crippen LogP contribution in [0.3, 0.4) is 0 Å². The van der Waals surface area contributed by atoms with E-state index in [2.05, 4.69) is 10.3 Å². The first-order valence-corrected chi connectivity index (χ1v) is 5.30. The van der Waals surface area contributed by atoms with Crippen molar-refractivity contribution < 1.29 is 13.2 Å². The minimum atomic E-state index is -4.15. The third-order valence-corrected chi connectivity index (χ3v) is 2.24. The lowest BCUT2D eigenvalue weighted by Gasteiger charge is -2.19. The second-order valence-electron chi connectivity index (χ2n) is 3.90. The second kappa shape index (κ2) is 5.86. The summed E-state index contributed by atoms with van der Waals surface area (Å²) in [5.74, 6) is 0.763. The van der Waals surface area contributed by atoms with Gasteiger partial charge in [0.15, 0.2) is 0 Å². The molecule has 17 heavy (non-hydrogen) atoms. The number of hydrogen-bond acceptors (Lipinski definition) is 3. The third-order valence-electron chi connectivity index (χ3n) is 2.24. The summed E-state index contributed by atoms with van der Waals surface area (Å²) in [6.07, 6.45) is -2.47. The Morgan fingerprint density at radius 2 is 2.12 bits per heavy atom. The minimum Gasteiger partial charge on any atom is -0.358 e. The molecule has 0 atom stereocenters. The minimum absolute atomic E-state index is 0.269. The molecule has 0 saturated carbocycles. The lowest BCUT2D eigenvalue weighted by Crippen LogP contribution is -2.35. The van der Waals surface area contributed by atoms with E-state index in [9.17, 15) is 13.2 Å². The molecule has 0 unspecified atom stereocenters. The van der Waals surface area contributed by atoms with Gasteiger partial charge in [-0.05, 0) is 24.6 Å². The fourth-order valence-electron chi connectivity index (χ4n) is 1.32. The predicted octanol–water partition coefficient (Wildman–Crippen LogP) is 1.98. The molecule has 0 aliphatic rings. The average molecular weight is 247 g/mol. The highest BCUT2D eigenvalue weighted by atomic mass is 19.4. The third kappa shape index (κ3) is 5.53. The molecule has 0 aliphatic heterocycles. The van der Waals surface area contributed by atoms with E-state index in [4.69, 9.17) is 0 Å². The van der Waals surface area contributed by atoms with Crippen LogP contribution in [0.4, 0.5) is 19.0 Å². The standard InChI is InChI=1S/C11H16F3N3/c1-9-3-4-16-10(7-9)17(2)6-5-15-8-11(12,13)14/h3-4,7,15H,5-6,8H2,1-2H3. The quantitative estimate of drug-likeness (QED) is 0.806. The molecule has 0 aromatic carbocycles. The number of halogens is 3. The highest BCUT2D eigenvalue weighted by Crippen LogP contribution is 2.12. The first-order chi connectivity index (χ1) is 7.88. The summed E-state index contributed by atoms with van der Waals surface area (Å²) < 4.78 is 35.6. The Morgan fingerprint density at radius 1 is 1.41 bits per heavy atom. The fraction of sp³-hybridized carbons (Fsp3) is 0.545. The van der Waals surface area contributed by atoms with Gasteiger partial charge in [0.1, 0.15) is 5.82 Å². The van der Waals surface area contributed by atoms with Gasteiger partial charge in [-0.25, -0.2) is 4.98 Å². The van der Waals surface area contributed by atoms with Gasteiger partial charge in [0.2, 0.25) is 0 Å². The number of anilines is 1. The van der Waals surface area contributed by atoms with Gasteiger partial charge in [-0.15, -0.1) is 0 Å². The maximum Gasteiger partial charge on any atom is 0.401 e. The van der Waals surface area contributed by atoms with Gasteiger partial charge >= 0.3 is 6.18 Å². The van der Waals surface area contributed by atoms with Gasteiger partial charge in [-0.3, -0.25) is 0 Å². The van der Waals surface area contributed by atoms with Gasteiger partial charge in [0, 0.05) is 26.3 Å². The van der Waals surface area contributed by atoms with Crippen LogP contribution in [0.15, 0.2) is 18.3 Å². The zero-order chi connectivity index (χ0) is 12.9. The van der Waals surface area contributed by atoms with Crippen LogP contribution in [0.25, 0.3) is 0 Å². The maximum atomic E-state index is 11.9. The van der Waals surface area contributed by atoms with Crippen LogP contribution < -0.4 is 10.2 Å². The van der Waals surface area contributed by atoms with Crippen LogP contribution in [-0.4, -0.2) is 37.8 Å². The molecular weight excluding hydrogens is 231 g/mol. The van der Waals surface area contributed by atoms with Crippen molar-refractivity contribution in [2.45, 2.75) is 13.1 Å². The van der Waals surface area contributed by atoms with E-state index in [0.29, 0.717) is 6.54 Å². The fourth-order valence-corrected chi connectivity index (χ4v) is 1.32. The van der Waals surface area contributed by atoms with Crippen molar-refractivity contribution >= 4 is 5.82 Å². The summed E-state index contributed by atoms with van der Waals surface area (Å²) in [5.41, 5.74) is 1.07. The lowest BCUT2D eigenvalue weighted by atomic mass is 10.3. The molecule has 0 aliphatic carbocycles. The van der Waals surface area contributed by atoms with Crippen molar-refractivity contribution in [2.75, 3.05) is 31.6 Å². The van der Waals surface area contributed by atoms with Gasteiger partial charge < -0.3 is 10.2 Å². The number of alkyl halides is 3. The van der Waals surface area contributed by atoms with E-state index in [1.807, 2.05) is 24.0 Å². The Hall–Kier alpha value is -1.30. The molecule has 6 heteroatoms. The molecule has 0 fully saturated rings. The van der Waals surface area contributed by atoms with E-state index >= 15 is 0 Å². The maximum absolute atomic E-state index is 11.9. The van der Waals surface area contributed by atoms with Crippen molar-refractivity contribution in [3.05, 3.63) is 23.9 Å². The number of nitrogens with zero attached hydrogens (tertiary/aromatic N) is 2. The predicted molar refractivity (Wildman–Crippen MR) is 61.2 cm³/mol. The Labute approximate surface area is 98.6 Å². The van der Waals surface area contributed by atoms with Crippen LogP contribution >= 0.6 is 0 Å². The normalized spacial score (nSPS) is 11.6. The molecule has 0 saturated heterocycles. The zero-order valence-electron chi connectivity index (χ0n) is 9.88. The van der Waals surface area contributed by atoms with Crippen molar-refractivity contribution in [1.82, 2.24) is 10.3 Å². The molecule has 1 rings (SSSR count). The summed E-state index contributed by atoms with van der Waals surface area (Å²) in [6, 6.07) is 3.77. The van der Waals surface area contributed by atoms with Gasteiger partial charge in [-0.2, -0.15) is 13.2 Å². The Morgan fingerprint density at radius 3 is 2.71 bits per heavy atom. The number of aromatic nitrogens is 1. The van der Waals surface area contributed by atoms with Crippen LogP contribution in [0, 0.1) is 6.92 Å². The first kappa shape index (κ1) is 13.8. The largest absolute Gasteiger partial charge is 0.401 e. The van der Waals surface area contributed by atoms with Crippen molar-refractivity contribution in [2.24, 2.45) is 0 Å². The van der Waals surface area contributed by atoms with Gasteiger partial charge in [0.25, 0.3) is 0 Å². The molecular formula is C11H16F3N3. The van der Waals surface area contributed by atoms with Gasteiger partial charge in [0.05, 0.1) is 6.54 Å². The van der Waals surface area contributed by atoms with E-state index in [-0.39, 0.29) is 6.54 Å². The monoisotopic (exact) mass is 247 g/mol. The SMILES string of the molecule is Cc1ccnc(N(C)CCNCC(F)(F)F)c1. The first-order valence-electron chi connectivity index (χ1n) is 5.30. The second-order valence-corrected chi connectivity index (χ2v) is 3.90. The highest BCUT2D eigenvalue weighted by molar-refractivity contribution is 5.39. The van der Waals surface area contributed by atoms with E-state index in [1.54, 1.807) is 13.2 Å².